The van der Waals surface area contributed by atoms with Crippen molar-refractivity contribution in [2.45, 2.75) is 0 Å². The minimum Gasteiger partial charge on any atom is -0.455 e. The first-order valence-corrected chi connectivity index (χ1v) is 17.9. The van der Waals surface area contributed by atoms with E-state index >= 15 is 0 Å². The zero-order chi connectivity index (χ0) is 34.9. The molecular weight excluding hydrogens is 647 g/mol. The molecule has 0 bridgehead atoms. The Kier molecular flexibility index (Phi) is 6.52. The molecule has 0 saturated heterocycles. The van der Waals surface area contributed by atoms with E-state index in [2.05, 4.69) is 152 Å². The first-order valence-electron chi connectivity index (χ1n) is 17.9. The summed E-state index contributed by atoms with van der Waals surface area (Å²) in [5.41, 5.74) is 10.9. The third-order valence-corrected chi connectivity index (χ3v) is 10.5. The minimum absolute atomic E-state index is 0.710. The lowest BCUT2D eigenvalue weighted by Crippen LogP contribution is -1.95. The Balaban J connectivity index is 0.978. The maximum Gasteiger partial charge on any atom is 0.160 e. The number of hydrogen-bond acceptors (Lipinski definition) is 4. The van der Waals surface area contributed by atoms with Crippen LogP contribution in [0.2, 0.25) is 0 Å². The molecule has 0 spiro atoms. The molecule has 11 rings (SSSR count). The summed E-state index contributed by atoms with van der Waals surface area (Å²) < 4.78 is 6.51. The number of fused-ring (bicyclic) bond motifs is 9. The lowest BCUT2D eigenvalue weighted by Gasteiger charge is -2.12. The van der Waals surface area contributed by atoms with Crippen molar-refractivity contribution in [3.8, 4) is 45.0 Å². The molecule has 53 heavy (non-hydrogen) atoms. The summed E-state index contributed by atoms with van der Waals surface area (Å²) in [5, 5.41) is 8.92. The van der Waals surface area contributed by atoms with Crippen LogP contribution in [0.3, 0.4) is 0 Å². The Hall–Kier alpha value is -7.17. The van der Waals surface area contributed by atoms with E-state index in [1.54, 1.807) is 0 Å². The molecule has 11 aromatic rings. The first-order chi connectivity index (χ1) is 26.3. The van der Waals surface area contributed by atoms with E-state index < -0.39 is 0 Å². The fourth-order valence-corrected chi connectivity index (χ4v) is 7.91. The number of nitrogens with zero attached hydrogens (tertiary/aromatic N) is 3. The lowest BCUT2D eigenvalue weighted by atomic mass is 9.96. The van der Waals surface area contributed by atoms with Crippen LogP contribution in [0.15, 0.2) is 180 Å². The van der Waals surface area contributed by atoms with Crippen molar-refractivity contribution < 1.29 is 4.42 Å². The molecule has 0 saturated carbocycles. The number of para-hydroxylation sites is 3. The van der Waals surface area contributed by atoms with Gasteiger partial charge in [-0.3, -0.25) is 0 Å². The van der Waals surface area contributed by atoms with Gasteiger partial charge in [0.2, 0.25) is 0 Å². The second kappa shape index (κ2) is 11.7. The highest BCUT2D eigenvalue weighted by atomic mass is 16.3. The monoisotopic (exact) mass is 675 g/mol. The maximum atomic E-state index is 6.51. The van der Waals surface area contributed by atoms with Crippen molar-refractivity contribution in [3.05, 3.63) is 176 Å². The van der Waals surface area contributed by atoms with E-state index in [1.165, 1.54) is 10.8 Å². The van der Waals surface area contributed by atoms with Crippen LogP contribution in [0.5, 0.6) is 0 Å². The van der Waals surface area contributed by atoms with Gasteiger partial charge in [0.25, 0.3) is 0 Å². The molecule has 0 radical (unpaired) electrons. The van der Waals surface area contributed by atoms with E-state index in [9.17, 15) is 0 Å². The van der Waals surface area contributed by atoms with Crippen LogP contribution in [-0.2, 0) is 0 Å². The van der Waals surface area contributed by atoms with Gasteiger partial charge in [-0.05, 0) is 46.2 Å². The van der Waals surface area contributed by atoms with Crippen LogP contribution < -0.4 is 0 Å². The van der Waals surface area contributed by atoms with E-state index in [-0.39, 0.29) is 0 Å². The van der Waals surface area contributed by atoms with Crippen LogP contribution >= 0.6 is 0 Å². The van der Waals surface area contributed by atoms with E-state index in [4.69, 9.17) is 19.4 Å². The normalized spacial score (nSPS) is 11.8. The molecule has 4 nitrogen and oxygen atoms in total. The minimum atomic E-state index is 0.710. The summed E-state index contributed by atoms with van der Waals surface area (Å²) in [7, 11) is 0. The van der Waals surface area contributed by atoms with E-state index in [0.29, 0.717) is 5.82 Å². The fraction of sp³-hybridized carbons (Fsp3) is 0. The predicted molar refractivity (Wildman–Crippen MR) is 219 cm³/mol. The highest BCUT2D eigenvalue weighted by molar-refractivity contribution is 6.24. The Morgan fingerprint density at radius 2 is 0.925 bits per heavy atom. The quantitative estimate of drug-likeness (QED) is 0.174. The Morgan fingerprint density at radius 3 is 1.72 bits per heavy atom. The second-order valence-electron chi connectivity index (χ2n) is 13.5. The molecule has 0 aliphatic carbocycles. The lowest BCUT2D eigenvalue weighted by molar-refractivity contribution is 0.673. The molecule has 0 aliphatic rings. The summed E-state index contributed by atoms with van der Waals surface area (Å²) >= 11 is 0. The molecule has 0 fully saturated rings. The number of hydrogen-bond donors (Lipinski definition) is 0. The second-order valence-corrected chi connectivity index (χ2v) is 13.5. The molecule has 0 unspecified atom stereocenters. The van der Waals surface area contributed by atoms with Crippen molar-refractivity contribution in [1.29, 1.82) is 0 Å². The van der Waals surface area contributed by atoms with Gasteiger partial charge in [0.15, 0.2) is 5.82 Å². The molecular formula is C49H29N3O. The number of aromatic nitrogens is 3. The van der Waals surface area contributed by atoms with Crippen molar-refractivity contribution in [3.63, 3.8) is 0 Å². The number of pyridine rings is 1. The molecule has 4 heteroatoms. The van der Waals surface area contributed by atoms with Crippen molar-refractivity contribution in [2.24, 2.45) is 0 Å². The molecule has 0 aliphatic heterocycles. The number of benzene rings is 8. The Bertz CT molecular complexity index is 3210. The number of rotatable bonds is 4. The van der Waals surface area contributed by atoms with Gasteiger partial charge < -0.3 is 4.42 Å². The average Bonchev–Trinajstić information content (AvgIpc) is 3.62. The zero-order valence-corrected chi connectivity index (χ0v) is 28.5. The van der Waals surface area contributed by atoms with Crippen LogP contribution in [0, 0.1) is 0 Å². The van der Waals surface area contributed by atoms with Crippen LogP contribution in [0.1, 0.15) is 0 Å². The molecule has 3 aromatic heterocycles. The Labute approximate surface area is 304 Å². The molecule has 0 N–H and O–H groups in total. The SMILES string of the molecule is c1ccc2c(-c3nc(-c4ccc(-c5ccc(-c6nc7ccccc7c7c6ccc6c8ccccc8oc67)cc5)cc4)nc4ccccc34)cccc2c1. The molecule has 0 amide bonds. The van der Waals surface area contributed by atoms with Crippen LogP contribution in [0.4, 0.5) is 0 Å². The largest absolute Gasteiger partial charge is 0.455 e. The third-order valence-electron chi connectivity index (χ3n) is 10.5. The summed E-state index contributed by atoms with van der Waals surface area (Å²) in [6.07, 6.45) is 0. The Morgan fingerprint density at radius 1 is 0.340 bits per heavy atom. The standard InChI is InChI=1S/C49H29N3O/c1-2-12-35-32(10-1)11-9-16-37(35)47-40-15-4-7-18-43(40)51-49(52-47)34-26-22-31(23-27-34)30-20-24-33(25-21-30)46-41-29-28-38-36-13-5-8-19-44(36)53-48(38)45(41)39-14-3-6-17-42(39)50-46/h1-29H. The molecule has 3 heterocycles. The van der Waals surface area contributed by atoms with E-state index in [1.807, 2.05) is 24.3 Å². The van der Waals surface area contributed by atoms with Gasteiger partial charge in [-0.1, -0.05) is 152 Å². The van der Waals surface area contributed by atoms with Gasteiger partial charge in [-0.25, -0.2) is 15.0 Å². The predicted octanol–water partition coefficient (Wildman–Crippen LogP) is 13.1. The average molecular weight is 676 g/mol. The smallest absolute Gasteiger partial charge is 0.160 e. The van der Waals surface area contributed by atoms with Gasteiger partial charge >= 0.3 is 0 Å². The third kappa shape index (κ3) is 4.73. The molecule has 0 atom stereocenters. The summed E-state index contributed by atoms with van der Waals surface area (Å²) in [6.45, 7) is 0. The summed E-state index contributed by atoms with van der Waals surface area (Å²) in [5.74, 6) is 0.710. The van der Waals surface area contributed by atoms with Gasteiger partial charge in [-0.2, -0.15) is 0 Å². The van der Waals surface area contributed by atoms with Gasteiger partial charge in [0, 0.05) is 49.0 Å². The molecule has 8 aromatic carbocycles. The van der Waals surface area contributed by atoms with E-state index in [0.717, 1.165) is 93.7 Å². The first kappa shape index (κ1) is 29.5. The van der Waals surface area contributed by atoms with Crippen LogP contribution in [-0.4, -0.2) is 15.0 Å². The summed E-state index contributed by atoms with van der Waals surface area (Å²) in [4.78, 5) is 15.4. The van der Waals surface area contributed by atoms with Gasteiger partial charge in [0.05, 0.1) is 22.4 Å². The van der Waals surface area contributed by atoms with Crippen molar-refractivity contribution in [2.75, 3.05) is 0 Å². The zero-order valence-electron chi connectivity index (χ0n) is 28.5. The van der Waals surface area contributed by atoms with Gasteiger partial charge in [-0.15, -0.1) is 0 Å². The van der Waals surface area contributed by atoms with Crippen LogP contribution in [0.25, 0.3) is 110 Å². The number of furan rings is 1. The maximum absolute atomic E-state index is 6.51. The highest BCUT2D eigenvalue weighted by Crippen LogP contribution is 2.41. The highest BCUT2D eigenvalue weighted by Gasteiger charge is 2.18. The summed E-state index contributed by atoms with van der Waals surface area (Å²) in [6, 6.07) is 61.4. The molecule has 246 valence electrons. The topological polar surface area (TPSA) is 51.8 Å². The fourth-order valence-electron chi connectivity index (χ4n) is 7.91. The van der Waals surface area contributed by atoms with Gasteiger partial charge in [0.1, 0.15) is 11.2 Å². The van der Waals surface area contributed by atoms with Crippen molar-refractivity contribution >= 4 is 65.3 Å². The van der Waals surface area contributed by atoms with Crippen molar-refractivity contribution in [1.82, 2.24) is 15.0 Å².